The van der Waals surface area contributed by atoms with Crippen LogP contribution < -0.4 is 5.73 Å². The quantitative estimate of drug-likeness (QED) is 0.613. The standard InChI is InChI=1S/C10H20O2.C2H7NO/c1-10(2,3)8-6-4-5-7-9(11)12;3-1-2-4/h4-8H2,1-3H3,(H,11,12);4H,1-3H2. The van der Waals surface area contributed by atoms with Crippen LogP contribution >= 0.6 is 0 Å². The molecule has 4 heteroatoms. The molecule has 98 valence electrons. The van der Waals surface area contributed by atoms with Crippen molar-refractivity contribution < 1.29 is 15.0 Å². The lowest BCUT2D eigenvalue weighted by molar-refractivity contribution is -0.137. The summed E-state index contributed by atoms with van der Waals surface area (Å²) in [6.07, 6.45) is 4.53. The van der Waals surface area contributed by atoms with Crippen molar-refractivity contribution in [1.29, 1.82) is 0 Å². The van der Waals surface area contributed by atoms with Crippen molar-refractivity contribution >= 4 is 5.97 Å². The van der Waals surface area contributed by atoms with Crippen LogP contribution in [0.5, 0.6) is 0 Å². The number of carboxylic acids is 1. The lowest BCUT2D eigenvalue weighted by atomic mass is 9.89. The number of nitrogens with two attached hydrogens (primary N) is 1. The highest BCUT2D eigenvalue weighted by Gasteiger charge is 2.08. The Bertz CT molecular complexity index is 162. The molecule has 0 aromatic rings. The molecule has 0 fully saturated rings. The Morgan fingerprint density at radius 3 is 2.00 bits per heavy atom. The number of carboxylic acid groups (broad SMARTS) is 1. The molecule has 0 heterocycles. The summed E-state index contributed by atoms with van der Waals surface area (Å²) in [4.78, 5) is 10.2. The highest BCUT2D eigenvalue weighted by Crippen LogP contribution is 2.22. The first kappa shape index (κ1) is 17.8. The van der Waals surface area contributed by atoms with E-state index >= 15 is 0 Å². The minimum absolute atomic E-state index is 0.0972. The van der Waals surface area contributed by atoms with E-state index in [0.717, 1.165) is 19.3 Å². The van der Waals surface area contributed by atoms with E-state index in [2.05, 4.69) is 20.8 Å². The third-order valence-corrected chi connectivity index (χ3v) is 1.95. The molecule has 0 aliphatic rings. The maximum atomic E-state index is 10.2. The lowest BCUT2D eigenvalue weighted by Crippen LogP contribution is -2.04. The number of aliphatic carboxylic acids is 1. The van der Waals surface area contributed by atoms with E-state index in [1.807, 2.05) is 0 Å². The molecule has 0 aliphatic carbocycles. The number of aliphatic hydroxyl groups is 1. The highest BCUT2D eigenvalue weighted by molar-refractivity contribution is 5.66. The summed E-state index contributed by atoms with van der Waals surface area (Å²) in [7, 11) is 0. The van der Waals surface area contributed by atoms with E-state index in [1.54, 1.807) is 0 Å². The van der Waals surface area contributed by atoms with Crippen LogP contribution in [0.2, 0.25) is 0 Å². The Hall–Kier alpha value is -0.610. The number of hydrogen-bond acceptors (Lipinski definition) is 3. The number of aliphatic hydroxyl groups excluding tert-OH is 1. The molecule has 0 spiro atoms. The maximum absolute atomic E-state index is 10.2. The molecule has 0 aromatic heterocycles. The van der Waals surface area contributed by atoms with Gasteiger partial charge in [0.25, 0.3) is 0 Å². The van der Waals surface area contributed by atoms with Crippen LogP contribution in [0.1, 0.15) is 52.9 Å². The number of carbonyl (C=O) groups is 1. The monoisotopic (exact) mass is 233 g/mol. The fraction of sp³-hybridized carbons (Fsp3) is 0.917. The van der Waals surface area contributed by atoms with Crippen molar-refractivity contribution in [1.82, 2.24) is 0 Å². The smallest absolute Gasteiger partial charge is 0.303 e. The second kappa shape index (κ2) is 10.9. The van der Waals surface area contributed by atoms with Crippen LogP contribution in [0.4, 0.5) is 0 Å². The summed E-state index contributed by atoms with van der Waals surface area (Å²) in [6.45, 7) is 7.11. The minimum atomic E-state index is -0.675. The first-order chi connectivity index (χ1) is 7.33. The Morgan fingerprint density at radius 1 is 1.19 bits per heavy atom. The minimum Gasteiger partial charge on any atom is -0.481 e. The Balaban J connectivity index is 0. The summed E-state index contributed by atoms with van der Waals surface area (Å²) in [5.74, 6) is -0.675. The van der Waals surface area contributed by atoms with Crippen molar-refractivity contribution in [3.63, 3.8) is 0 Å². The van der Waals surface area contributed by atoms with Gasteiger partial charge in [-0.2, -0.15) is 0 Å². The average molecular weight is 233 g/mol. The molecule has 0 unspecified atom stereocenters. The summed E-state index contributed by atoms with van der Waals surface area (Å²) in [5.41, 5.74) is 5.17. The summed E-state index contributed by atoms with van der Waals surface area (Å²) in [6, 6.07) is 0. The van der Waals surface area contributed by atoms with E-state index < -0.39 is 5.97 Å². The van der Waals surface area contributed by atoms with Crippen LogP contribution in [-0.2, 0) is 4.79 Å². The zero-order chi connectivity index (χ0) is 13.0. The van der Waals surface area contributed by atoms with Crippen molar-refractivity contribution in [2.24, 2.45) is 11.1 Å². The van der Waals surface area contributed by atoms with Crippen molar-refractivity contribution in [3.05, 3.63) is 0 Å². The number of hydrogen-bond donors (Lipinski definition) is 3. The molecule has 0 rings (SSSR count). The van der Waals surface area contributed by atoms with Crippen LogP contribution in [0.3, 0.4) is 0 Å². The predicted molar refractivity (Wildman–Crippen MR) is 66.3 cm³/mol. The van der Waals surface area contributed by atoms with Crippen molar-refractivity contribution in [3.8, 4) is 0 Å². The van der Waals surface area contributed by atoms with Crippen LogP contribution in [0.15, 0.2) is 0 Å². The molecule has 0 atom stereocenters. The topological polar surface area (TPSA) is 83.5 Å². The van der Waals surface area contributed by atoms with E-state index in [9.17, 15) is 4.79 Å². The molecule has 4 nitrogen and oxygen atoms in total. The fourth-order valence-electron chi connectivity index (χ4n) is 1.11. The van der Waals surface area contributed by atoms with Gasteiger partial charge in [-0.1, -0.05) is 33.6 Å². The Kier molecular flexibility index (Phi) is 12.1. The van der Waals surface area contributed by atoms with Crippen LogP contribution in [0, 0.1) is 5.41 Å². The molecule has 0 aromatic carbocycles. The first-order valence-corrected chi connectivity index (χ1v) is 5.86. The second-order valence-electron chi connectivity index (χ2n) is 5.03. The van der Waals surface area contributed by atoms with Gasteiger partial charge < -0.3 is 15.9 Å². The molecule has 16 heavy (non-hydrogen) atoms. The largest absolute Gasteiger partial charge is 0.481 e. The van der Waals surface area contributed by atoms with Gasteiger partial charge in [0.05, 0.1) is 6.61 Å². The normalized spacial score (nSPS) is 10.6. The van der Waals surface area contributed by atoms with Gasteiger partial charge in [-0.3, -0.25) is 4.79 Å². The molecule has 4 N–H and O–H groups in total. The first-order valence-electron chi connectivity index (χ1n) is 5.86. The number of unbranched alkanes of at least 4 members (excludes halogenated alkanes) is 2. The van der Waals surface area contributed by atoms with E-state index in [-0.39, 0.29) is 6.61 Å². The summed E-state index contributed by atoms with van der Waals surface area (Å²) in [5, 5.41) is 16.1. The molecule has 0 radical (unpaired) electrons. The van der Waals surface area contributed by atoms with Crippen molar-refractivity contribution in [2.75, 3.05) is 13.2 Å². The van der Waals surface area contributed by atoms with Crippen LogP contribution in [0.25, 0.3) is 0 Å². The van der Waals surface area contributed by atoms with Gasteiger partial charge in [-0.15, -0.1) is 0 Å². The Morgan fingerprint density at radius 2 is 1.69 bits per heavy atom. The Labute approximate surface area is 98.8 Å². The molecule has 0 bridgehead atoms. The average Bonchev–Trinajstić information content (AvgIpc) is 2.15. The van der Waals surface area contributed by atoms with Gasteiger partial charge in [0.15, 0.2) is 0 Å². The molecule has 0 saturated carbocycles. The maximum Gasteiger partial charge on any atom is 0.303 e. The van der Waals surface area contributed by atoms with E-state index in [0.29, 0.717) is 18.4 Å². The summed E-state index contributed by atoms with van der Waals surface area (Å²) >= 11 is 0. The van der Waals surface area contributed by atoms with Crippen molar-refractivity contribution in [2.45, 2.75) is 52.9 Å². The SMILES string of the molecule is CC(C)(C)CCCCCC(=O)O.NCCO. The second-order valence-corrected chi connectivity index (χ2v) is 5.03. The van der Waals surface area contributed by atoms with Gasteiger partial charge in [0.1, 0.15) is 0 Å². The molecular weight excluding hydrogens is 206 g/mol. The lowest BCUT2D eigenvalue weighted by Gasteiger charge is -2.17. The van der Waals surface area contributed by atoms with Crippen LogP contribution in [-0.4, -0.2) is 29.3 Å². The fourth-order valence-corrected chi connectivity index (χ4v) is 1.11. The molecule has 0 aliphatic heterocycles. The molecule has 0 saturated heterocycles. The third-order valence-electron chi connectivity index (χ3n) is 1.95. The van der Waals surface area contributed by atoms with Gasteiger partial charge in [-0.05, 0) is 18.3 Å². The predicted octanol–water partition coefficient (Wildman–Crippen LogP) is 2.01. The zero-order valence-corrected chi connectivity index (χ0v) is 10.8. The van der Waals surface area contributed by atoms with Gasteiger partial charge in [-0.25, -0.2) is 0 Å². The molecule has 0 amide bonds. The zero-order valence-electron chi connectivity index (χ0n) is 10.8. The van der Waals surface area contributed by atoms with Gasteiger partial charge in [0, 0.05) is 13.0 Å². The molecular formula is C12H27NO3. The number of rotatable bonds is 6. The highest BCUT2D eigenvalue weighted by atomic mass is 16.4. The van der Waals surface area contributed by atoms with E-state index in [4.69, 9.17) is 15.9 Å². The summed E-state index contributed by atoms with van der Waals surface area (Å²) < 4.78 is 0. The van der Waals surface area contributed by atoms with Gasteiger partial charge >= 0.3 is 5.97 Å². The third kappa shape index (κ3) is 23.3. The van der Waals surface area contributed by atoms with Gasteiger partial charge in [0.2, 0.25) is 0 Å². The van der Waals surface area contributed by atoms with E-state index in [1.165, 1.54) is 6.42 Å².